The lowest BCUT2D eigenvalue weighted by molar-refractivity contribution is 0.126. The zero-order valence-electron chi connectivity index (χ0n) is 13.0. The molecule has 2 bridgehead atoms. The lowest BCUT2D eigenvalue weighted by Crippen LogP contribution is -2.55. The van der Waals surface area contributed by atoms with Gasteiger partial charge in [0.2, 0.25) is 0 Å². The van der Waals surface area contributed by atoms with Gasteiger partial charge in [-0.2, -0.15) is 17.4 Å². The average Bonchev–Trinajstić information content (AvgIpc) is 2.83. The van der Waals surface area contributed by atoms with E-state index in [1.54, 1.807) is 7.05 Å². The van der Waals surface area contributed by atoms with Gasteiger partial charge in [-0.05, 0) is 42.4 Å². The molecule has 3 unspecified atom stereocenters. The molecule has 2 aliphatic rings. The molecule has 0 radical (unpaired) electrons. The van der Waals surface area contributed by atoms with Gasteiger partial charge in [-0.25, -0.2) is 0 Å². The van der Waals surface area contributed by atoms with Crippen molar-refractivity contribution in [3.8, 4) is 0 Å². The van der Waals surface area contributed by atoms with Gasteiger partial charge in [-0.15, -0.1) is 0 Å². The summed E-state index contributed by atoms with van der Waals surface area (Å²) in [6.45, 7) is 6.93. The summed E-state index contributed by atoms with van der Waals surface area (Å²) >= 11 is 0. The Morgan fingerprint density at radius 1 is 1.35 bits per heavy atom. The van der Waals surface area contributed by atoms with Gasteiger partial charge in [0.05, 0.1) is 0 Å². The maximum Gasteiger partial charge on any atom is 0.279 e. The molecule has 0 heterocycles. The Bertz CT molecular complexity index is 458. The fourth-order valence-electron chi connectivity index (χ4n) is 4.25. The number of aliphatic hydroxyl groups excluding tert-OH is 1. The molecular weight excluding hydrogens is 276 g/mol. The van der Waals surface area contributed by atoms with Crippen molar-refractivity contribution in [3.63, 3.8) is 0 Å². The summed E-state index contributed by atoms with van der Waals surface area (Å²) in [6, 6.07) is -0.00433. The Kier molecular flexibility index (Phi) is 4.24. The number of hydrogen-bond donors (Lipinski definition) is 2. The Hall–Kier alpha value is -0.170. The molecule has 2 rings (SSSR count). The molecule has 2 aliphatic carbocycles. The molecule has 0 aromatic rings. The van der Waals surface area contributed by atoms with Gasteiger partial charge in [0.1, 0.15) is 0 Å². The third-order valence-corrected chi connectivity index (χ3v) is 7.11. The molecule has 0 spiro atoms. The van der Waals surface area contributed by atoms with E-state index in [2.05, 4.69) is 25.5 Å². The minimum atomic E-state index is -3.48. The topological polar surface area (TPSA) is 69.6 Å². The molecule has 3 atom stereocenters. The van der Waals surface area contributed by atoms with Crippen molar-refractivity contribution in [2.45, 2.75) is 52.5 Å². The number of nitrogens with one attached hydrogen (secondary N) is 1. The lowest BCUT2D eigenvalue weighted by atomic mass is 9.69. The van der Waals surface area contributed by atoms with Crippen molar-refractivity contribution in [1.82, 2.24) is 9.03 Å². The molecule has 118 valence electrons. The molecule has 0 aromatic carbocycles. The minimum absolute atomic E-state index is 0.00433. The van der Waals surface area contributed by atoms with E-state index in [1.807, 2.05) is 0 Å². The van der Waals surface area contributed by atoms with Gasteiger partial charge in [0.25, 0.3) is 10.2 Å². The zero-order valence-corrected chi connectivity index (χ0v) is 13.8. The average molecular weight is 304 g/mol. The highest BCUT2D eigenvalue weighted by atomic mass is 32.2. The van der Waals surface area contributed by atoms with E-state index in [0.717, 1.165) is 12.8 Å². The van der Waals surface area contributed by atoms with E-state index < -0.39 is 10.2 Å². The molecule has 0 aliphatic heterocycles. The number of nitrogens with zero attached hydrogens (tertiary/aromatic N) is 1. The van der Waals surface area contributed by atoms with E-state index in [9.17, 15) is 8.42 Å². The van der Waals surface area contributed by atoms with Crippen LogP contribution in [0.3, 0.4) is 0 Å². The molecule has 6 heteroatoms. The first kappa shape index (κ1) is 16.2. The smallest absolute Gasteiger partial charge is 0.279 e. The highest BCUT2D eigenvalue weighted by molar-refractivity contribution is 7.87. The van der Waals surface area contributed by atoms with Crippen molar-refractivity contribution in [3.05, 3.63) is 0 Å². The Labute approximate surface area is 122 Å². The van der Waals surface area contributed by atoms with Crippen molar-refractivity contribution >= 4 is 10.2 Å². The number of fused-ring (bicyclic) bond motifs is 2. The first-order valence-electron chi connectivity index (χ1n) is 7.48. The number of rotatable bonds is 6. The lowest BCUT2D eigenvalue weighted by Gasteiger charge is -2.43. The van der Waals surface area contributed by atoms with Crippen LogP contribution in [0.15, 0.2) is 0 Å². The highest BCUT2D eigenvalue weighted by Gasteiger charge is 2.60. The quantitative estimate of drug-likeness (QED) is 0.778. The van der Waals surface area contributed by atoms with Gasteiger partial charge < -0.3 is 5.11 Å². The molecule has 2 fully saturated rings. The maximum atomic E-state index is 12.4. The summed E-state index contributed by atoms with van der Waals surface area (Å²) in [7, 11) is -1.91. The second kappa shape index (κ2) is 5.23. The summed E-state index contributed by atoms with van der Waals surface area (Å²) < 4.78 is 29.1. The van der Waals surface area contributed by atoms with Crippen LogP contribution in [0.4, 0.5) is 0 Å². The van der Waals surface area contributed by atoms with Crippen molar-refractivity contribution in [2.75, 3.05) is 20.2 Å². The van der Waals surface area contributed by atoms with Crippen LogP contribution in [0.2, 0.25) is 0 Å². The normalized spacial score (nSPS) is 35.9. The standard InChI is InChI=1S/C14H28N2O3S/c1-13(2)11-6-7-14(3,10-11)12(13)15-20(18,19)16(4)8-5-9-17/h11-12,15,17H,5-10H2,1-4H3. The second-order valence-electron chi connectivity index (χ2n) is 7.37. The van der Waals surface area contributed by atoms with E-state index >= 15 is 0 Å². The van der Waals surface area contributed by atoms with Crippen molar-refractivity contribution in [2.24, 2.45) is 16.7 Å². The van der Waals surface area contributed by atoms with Gasteiger partial charge in [-0.3, -0.25) is 0 Å². The van der Waals surface area contributed by atoms with Crippen molar-refractivity contribution in [1.29, 1.82) is 0 Å². The van der Waals surface area contributed by atoms with E-state index in [0.29, 0.717) is 18.9 Å². The van der Waals surface area contributed by atoms with Crippen LogP contribution in [0.5, 0.6) is 0 Å². The Balaban J connectivity index is 2.13. The van der Waals surface area contributed by atoms with Crippen LogP contribution >= 0.6 is 0 Å². The summed E-state index contributed by atoms with van der Waals surface area (Å²) in [5.74, 6) is 0.614. The van der Waals surface area contributed by atoms with E-state index in [4.69, 9.17) is 5.11 Å². The van der Waals surface area contributed by atoms with Crippen LogP contribution in [0.25, 0.3) is 0 Å². The third-order valence-electron chi connectivity index (χ3n) is 5.58. The third kappa shape index (κ3) is 2.63. The minimum Gasteiger partial charge on any atom is -0.396 e. The van der Waals surface area contributed by atoms with Crippen LogP contribution in [0.1, 0.15) is 46.5 Å². The predicted molar refractivity (Wildman–Crippen MR) is 79.4 cm³/mol. The molecule has 20 heavy (non-hydrogen) atoms. The SMILES string of the molecule is CN(CCCO)S(=O)(=O)NC1C2(C)CCC(C2)C1(C)C. The van der Waals surface area contributed by atoms with E-state index in [1.165, 1.54) is 10.7 Å². The largest absolute Gasteiger partial charge is 0.396 e. The molecule has 2 saturated carbocycles. The summed E-state index contributed by atoms with van der Waals surface area (Å²) in [5, 5.41) is 8.83. The Morgan fingerprint density at radius 2 is 2.00 bits per heavy atom. The molecule has 0 saturated heterocycles. The fraction of sp³-hybridized carbons (Fsp3) is 1.00. The number of hydrogen-bond acceptors (Lipinski definition) is 3. The summed E-state index contributed by atoms with van der Waals surface area (Å²) in [5.41, 5.74) is 0.0942. The molecule has 0 amide bonds. The van der Waals surface area contributed by atoms with Gasteiger partial charge >= 0.3 is 0 Å². The maximum absolute atomic E-state index is 12.4. The summed E-state index contributed by atoms with van der Waals surface area (Å²) in [6.07, 6.45) is 3.90. The van der Waals surface area contributed by atoms with Crippen LogP contribution in [-0.4, -0.2) is 44.1 Å². The van der Waals surface area contributed by atoms with Gasteiger partial charge in [0.15, 0.2) is 0 Å². The highest BCUT2D eigenvalue weighted by Crippen LogP contribution is 2.62. The van der Waals surface area contributed by atoms with Crippen molar-refractivity contribution < 1.29 is 13.5 Å². The predicted octanol–water partition coefficient (Wildman–Crippen LogP) is 1.35. The molecule has 2 N–H and O–H groups in total. The van der Waals surface area contributed by atoms with Crippen LogP contribution < -0.4 is 4.72 Å². The monoisotopic (exact) mass is 304 g/mol. The first-order chi connectivity index (χ1) is 9.13. The number of aliphatic hydroxyl groups is 1. The molecule has 5 nitrogen and oxygen atoms in total. The van der Waals surface area contributed by atoms with Crippen LogP contribution in [0, 0.1) is 16.7 Å². The first-order valence-corrected chi connectivity index (χ1v) is 8.92. The zero-order chi connectivity index (χ0) is 15.2. The fourth-order valence-corrected chi connectivity index (χ4v) is 5.68. The van der Waals surface area contributed by atoms with E-state index in [-0.39, 0.29) is 23.5 Å². The van der Waals surface area contributed by atoms with Gasteiger partial charge in [-0.1, -0.05) is 20.8 Å². The summed E-state index contributed by atoms with van der Waals surface area (Å²) in [4.78, 5) is 0. The van der Waals surface area contributed by atoms with Crippen LogP contribution in [-0.2, 0) is 10.2 Å². The molecular formula is C14H28N2O3S. The Morgan fingerprint density at radius 3 is 2.50 bits per heavy atom. The second-order valence-corrected chi connectivity index (χ2v) is 9.18. The molecule has 0 aromatic heterocycles. The van der Waals surface area contributed by atoms with Gasteiger partial charge in [0, 0.05) is 26.2 Å².